The van der Waals surface area contributed by atoms with Gasteiger partial charge in [-0.1, -0.05) is 24.3 Å². The topological polar surface area (TPSA) is 64.7 Å². The molecule has 0 saturated carbocycles. The molecule has 6 nitrogen and oxygen atoms in total. The Morgan fingerprint density at radius 1 is 1.09 bits per heavy atom. The lowest BCUT2D eigenvalue weighted by Gasteiger charge is -2.26. The van der Waals surface area contributed by atoms with Crippen molar-refractivity contribution >= 4 is 11.9 Å². The number of nitrogens with zero attached hydrogens (tertiary/aromatic N) is 2. The van der Waals surface area contributed by atoms with Crippen molar-refractivity contribution in [1.29, 1.82) is 0 Å². The number of amides is 3. The number of likely N-dealkylation sites (N-methyl/N-ethyl adjacent to an activating group) is 1. The number of nitrogens with one attached hydrogen (secondary N) is 2. The number of carbonyl (C=O) groups is 2. The van der Waals surface area contributed by atoms with Gasteiger partial charge >= 0.3 is 6.03 Å². The van der Waals surface area contributed by atoms with Crippen molar-refractivity contribution in [3.8, 4) is 0 Å². The second-order valence-electron chi connectivity index (χ2n) is 5.69. The van der Waals surface area contributed by atoms with Gasteiger partial charge in [0.2, 0.25) is 5.91 Å². The van der Waals surface area contributed by atoms with Gasteiger partial charge in [0.15, 0.2) is 0 Å². The third-order valence-electron chi connectivity index (χ3n) is 3.47. The summed E-state index contributed by atoms with van der Waals surface area (Å²) in [6.45, 7) is 2.53. The first kappa shape index (κ1) is 18.0. The fourth-order valence-corrected chi connectivity index (χ4v) is 2.12. The van der Waals surface area contributed by atoms with Crippen molar-refractivity contribution in [2.45, 2.75) is 13.0 Å². The molecule has 0 aromatic heterocycles. The highest BCUT2D eigenvalue weighted by atomic mass is 16.2. The smallest absolute Gasteiger partial charge is 0.317 e. The Labute approximate surface area is 132 Å². The molecule has 1 aromatic rings. The second kappa shape index (κ2) is 8.38. The number of carbonyl (C=O) groups excluding carboxylic acids is 2. The normalized spacial score (nSPS) is 11.9. The van der Waals surface area contributed by atoms with E-state index in [9.17, 15) is 9.59 Å². The summed E-state index contributed by atoms with van der Waals surface area (Å²) in [6.07, 6.45) is 0. The summed E-state index contributed by atoms with van der Waals surface area (Å²) >= 11 is 0. The molecule has 3 amide bonds. The summed E-state index contributed by atoms with van der Waals surface area (Å²) in [5.41, 5.74) is 2.38. The van der Waals surface area contributed by atoms with Gasteiger partial charge in [0.25, 0.3) is 0 Å². The molecule has 0 spiro atoms. The summed E-state index contributed by atoms with van der Waals surface area (Å²) in [4.78, 5) is 26.7. The van der Waals surface area contributed by atoms with Crippen LogP contribution in [0.4, 0.5) is 4.79 Å². The quantitative estimate of drug-likeness (QED) is 0.823. The Balaban J connectivity index is 2.57. The first-order valence-electron chi connectivity index (χ1n) is 7.26. The molecule has 1 atom stereocenters. The fourth-order valence-electron chi connectivity index (χ4n) is 2.12. The van der Waals surface area contributed by atoms with E-state index < -0.39 is 0 Å². The van der Waals surface area contributed by atoms with Crippen LogP contribution in [0.1, 0.15) is 17.2 Å². The zero-order valence-electron chi connectivity index (χ0n) is 14.0. The van der Waals surface area contributed by atoms with Gasteiger partial charge in [-0.2, -0.15) is 0 Å². The molecule has 122 valence electrons. The van der Waals surface area contributed by atoms with Crippen LogP contribution in [0.5, 0.6) is 0 Å². The molecule has 0 heterocycles. The SMILES string of the molecule is Cc1ccccc1C(CNC(=O)CNC(=O)N(C)C)N(C)C. The van der Waals surface area contributed by atoms with Crippen LogP contribution in [0, 0.1) is 6.92 Å². The predicted octanol–water partition coefficient (Wildman–Crippen LogP) is 0.985. The first-order valence-corrected chi connectivity index (χ1v) is 7.26. The van der Waals surface area contributed by atoms with Crippen molar-refractivity contribution in [2.75, 3.05) is 41.3 Å². The lowest BCUT2D eigenvalue weighted by atomic mass is 10.0. The minimum atomic E-state index is -0.279. The van der Waals surface area contributed by atoms with E-state index >= 15 is 0 Å². The van der Waals surface area contributed by atoms with Gasteiger partial charge in [-0.25, -0.2) is 4.79 Å². The van der Waals surface area contributed by atoms with E-state index in [1.165, 1.54) is 16.0 Å². The van der Waals surface area contributed by atoms with Crippen molar-refractivity contribution in [3.05, 3.63) is 35.4 Å². The minimum Gasteiger partial charge on any atom is -0.353 e. The Morgan fingerprint density at radius 3 is 2.27 bits per heavy atom. The number of hydrogen-bond acceptors (Lipinski definition) is 3. The monoisotopic (exact) mass is 306 g/mol. The second-order valence-corrected chi connectivity index (χ2v) is 5.69. The molecule has 0 radical (unpaired) electrons. The molecular weight excluding hydrogens is 280 g/mol. The predicted molar refractivity (Wildman–Crippen MR) is 87.7 cm³/mol. The van der Waals surface area contributed by atoms with Crippen molar-refractivity contribution in [3.63, 3.8) is 0 Å². The van der Waals surface area contributed by atoms with Crippen LogP contribution < -0.4 is 10.6 Å². The van der Waals surface area contributed by atoms with E-state index in [1.54, 1.807) is 14.1 Å². The molecule has 0 bridgehead atoms. The van der Waals surface area contributed by atoms with E-state index in [2.05, 4.69) is 34.6 Å². The van der Waals surface area contributed by atoms with E-state index in [-0.39, 0.29) is 24.5 Å². The third kappa shape index (κ3) is 5.37. The molecule has 0 aliphatic carbocycles. The van der Waals surface area contributed by atoms with Gasteiger partial charge in [-0.05, 0) is 32.1 Å². The molecular formula is C16H26N4O2. The van der Waals surface area contributed by atoms with Gasteiger partial charge in [-0.3, -0.25) is 4.79 Å². The number of aryl methyl sites for hydroxylation is 1. The minimum absolute atomic E-state index is 0.0229. The van der Waals surface area contributed by atoms with Gasteiger partial charge in [-0.15, -0.1) is 0 Å². The molecule has 0 saturated heterocycles. The fraction of sp³-hybridized carbons (Fsp3) is 0.500. The van der Waals surface area contributed by atoms with Crippen LogP contribution in [0.2, 0.25) is 0 Å². The van der Waals surface area contributed by atoms with Crippen molar-refractivity contribution in [2.24, 2.45) is 0 Å². The average Bonchev–Trinajstić information content (AvgIpc) is 2.46. The van der Waals surface area contributed by atoms with E-state index in [0.717, 1.165) is 0 Å². The van der Waals surface area contributed by atoms with Crippen LogP contribution >= 0.6 is 0 Å². The summed E-state index contributed by atoms with van der Waals surface area (Å²) in [5, 5.41) is 5.42. The highest BCUT2D eigenvalue weighted by Crippen LogP contribution is 2.20. The zero-order chi connectivity index (χ0) is 16.7. The Bertz CT molecular complexity index is 515. The maximum Gasteiger partial charge on any atom is 0.317 e. The lowest BCUT2D eigenvalue weighted by molar-refractivity contribution is -0.120. The van der Waals surface area contributed by atoms with Crippen LogP contribution in [0.15, 0.2) is 24.3 Å². The summed E-state index contributed by atoms with van der Waals surface area (Å²) in [6, 6.07) is 7.94. The van der Waals surface area contributed by atoms with E-state index in [1.807, 2.05) is 26.2 Å². The van der Waals surface area contributed by atoms with Crippen LogP contribution in [0.25, 0.3) is 0 Å². The molecule has 2 N–H and O–H groups in total. The molecule has 22 heavy (non-hydrogen) atoms. The zero-order valence-corrected chi connectivity index (χ0v) is 14.0. The average molecular weight is 306 g/mol. The number of rotatable bonds is 6. The maximum absolute atomic E-state index is 11.9. The standard InChI is InChI=1S/C16H26N4O2/c1-12-8-6-7-9-13(12)14(19(2)3)10-17-15(21)11-18-16(22)20(4)5/h6-9,14H,10-11H2,1-5H3,(H,17,21)(H,18,22). The summed E-state index contributed by atoms with van der Waals surface area (Å²) in [5.74, 6) is -0.198. The molecule has 0 aliphatic rings. The number of hydrogen-bond donors (Lipinski definition) is 2. The molecule has 1 aromatic carbocycles. The number of benzene rings is 1. The van der Waals surface area contributed by atoms with Gasteiger partial charge < -0.3 is 20.4 Å². The Morgan fingerprint density at radius 2 is 1.73 bits per heavy atom. The Hall–Kier alpha value is -2.08. The van der Waals surface area contributed by atoms with Crippen LogP contribution in [0.3, 0.4) is 0 Å². The van der Waals surface area contributed by atoms with Gasteiger partial charge in [0.1, 0.15) is 0 Å². The molecule has 1 rings (SSSR count). The summed E-state index contributed by atoms with van der Waals surface area (Å²) < 4.78 is 0. The van der Waals surface area contributed by atoms with E-state index in [4.69, 9.17) is 0 Å². The highest BCUT2D eigenvalue weighted by Gasteiger charge is 2.17. The van der Waals surface area contributed by atoms with Gasteiger partial charge in [0, 0.05) is 20.6 Å². The molecule has 1 unspecified atom stereocenters. The third-order valence-corrected chi connectivity index (χ3v) is 3.47. The van der Waals surface area contributed by atoms with Crippen molar-refractivity contribution < 1.29 is 9.59 Å². The van der Waals surface area contributed by atoms with Crippen molar-refractivity contribution in [1.82, 2.24) is 20.4 Å². The molecule has 0 fully saturated rings. The summed E-state index contributed by atoms with van der Waals surface area (Å²) in [7, 11) is 7.23. The van der Waals surface area contributed by atoms with Crippen LogP contribution in [-0.2, 0) is 4.79 Å². The van der Waals surface area contributed by atoms with Gasteiger partial charge in [0.05, 0.1) is 12.6 Å². The lowest BCUT2D eigenvalue weighted by Crippen LogP contribution is -2.43. The van der Waals surface area contributed by atoms with Crippen LogP contribution in [-0.4, -0.2) is 63.0 Å². The molecule has 0 aliphatic heterocycles. The maximum atomic E-state index is 11.9. The number of urea groups is 1. The molecule has 6 heteroatoms. The largest absolute Gasteiger partial charge is 0.353 e. The highest BCUT2D eigenvalue weighted by molar-refractivity contribution is 5.83. The Kier molecular flexibility index (Phi) is 6.85. The van der Waals surface area contributed by atoms with E-state index in [0.29, 0.717) is 6.54 Å². The first-order chi connectivity index (χ1) is 10.3.